The fourth-order valence-electron chi connectivity index (χ4n) is 2.52. The summed E-state index contributed by atoms with van der Waals surface area (Å²) in [5.41, 5.74) is 0.834. The molecule has 0 aromatic heterocycles. The highest BCUT2D eigenvalue weighted by Gasteiger charge is 2.21. The van der Waals surface area contributed by atoms with Crippen LogP contribution >= 0.6 is 11.8 Å². The van der Waals surface area contributed by atoms with Crippen LogP contribution in [0.3, 0.4) is 0 Å². The number of thioether (sulfide) groups is 1. The Bertz CT molecular complexity index is 776. The molecule has 1 unspecified atom stereocenters. The molecule has 1 rings (SSSR count). The number of rotatable bonds is 14. The third-order valence-corrected chi connectivity index (χ3v) is 4.64. The van der Waals surface area contributed by atoms with Crippen LogP contribution in [0.1, 0.15) is 25.8 Å². The number of carboxylic acids is 1. The van der Waals surface area contributed by atoms with Crippen molar-refractivity contribution in [2.45, 2.75) is 32.7 Å². The summed E-state index contributed by atoms with van der Waals surface area (Å²) in [6, 6.07) is 6.46. The average Bonchev–Trinajstić information content (AvgIpc) is 2.72. The molecule has 3 N–H and O–H groups in total. The van der Waals surface area contributed by atoms with Gasteiger partial charge in [0.1, 0.15) is 17.7 Å². The normalized spacial score (nSPS) is 11.9. The maximum atomic E-state index is 12.2. The molecule has 9 heteroatoms. The van der Waals surface area contributed by atoms with Gasteiger partial charge in [0.2, 0.25) is 0 Å². The Labute approximate surface area is 181 Å². The molecule has 0 aliphatic carbocycles. The molecule has 0 saturated carbocycles. The second-order valence-corrected chi connectivity index (χ2v) is 7.15. The largest absolute Gasteiger partial charge is 0.490 e. The van der Waals surface area contributed by atoms with Crippen LogP contribution in [-0.2, 0) is 16.0 Å². The second kappa shape index (κ2) is 14.2. The van der Waals surface area contributed by atoms with Crippen molar-refractivity contribution >= 4 is 23.6 Å². The molecular weight excluding hydrogens is 406 g/mol. The van der Waals surface area contributed by atoms with Gasteiger partial charge in [0.15, 0.2) is 11.5 Å². The lowest BCUT2D eigenvalue weighted by atomic mass is 10.1. The summed E-state index contributed by atoms with van der Waals surface area (Å²) in [5, 5.41) is 23.7. The monoisotopic (exact) mass is 435 g/mol. The Morgan fingerprint density at radius 2 is 1.97 bits per heavy atom. The van der Waals surface area contributed by atoms with Gasteiger partial charge in [0.25, 0.3) is 5.91 Å². The van der Waals surface area contributed by atoms with Crippen LogP contribution in [0.15, 0.2) is 30.0 Å². The fourth-order valence-corrected chi connectivity index (χ4v) is 2.99. The van der Waals surface area contributed by atoms with Crippen molar-refractivity contribution in [3.63, 3.8) is 0 Å². The number of nitrogens with one attached hydrogen (secondary N) is 2. The maximum Gasteiger partial charge on any atom is 0.326 e. The third-order valence-electron chi connectivity index (χ3n) is 3.99. The Balaban J connectivity index is 2.66. The molecule has 0 aliphatic heterocycles. The minimum atomic E-state index is -1.12. The first-order valence-electron chi connectivity index (χ1n) is 9.71. The predicted octanol–water partition coefficient (Wildman–Crippen LogP) is 2.35. The number of nitriles is 1. The van der Waals surface area contributed by atoms with E-state index in [-0.39, 0.29) is 12.0 Å². The lowest BCUT2D eigenvalue weighted by Crippen LogP contribution is -2.41. The van der Waals surface area contributed by atoms with E-state index in [4.69, 9.17) is 9.47 Å². The number of amides is 1. The summed E-state index contributed by atoms with van der Waals surface area (Å²) in [6.07, 6.45) is 4.08. The van der Waals surface area contributed by atoms with Gasteiger partial charge in [-0.3, -0.25) is 4.79 Å². The van der Waals surface area contributed by atoms with Crippen LogP contribution in [0.25, 0.3) is 0 Å². The van der Waals surface area contributed by atoms with E-state index < -0.39 is 17.9 Å². The van der Waals surface area contributed by atoms with Crippen molar-refractivity contribution < 1.29 is 24.2 Å². The number of benzene rings is 1. The number of hydrogen-bond acceptors (Lipinski definition) is 7. The summed E-state index contributed by atoms with van der Waals surface area (Å²) >= 11 is 1.49. The van der Waals surface area contributed by atoms with Crippen LogP contribution in [-0.4, -0.2) is 54.8 Å². The van der Waals surface area contributed by atoms with Gasteiger partial charge in [-0.1, -0.05) is 6.07 Å². The number of carbonyl (C=O) groups is 2. The van der Waals surface area contributed by atoms with Gasteiger partial charge in [-0.25, -0.2) is 4.79 Å². The van der Waals surface area contributed by atoms with Gasteiger partial charge in [0, 0.05) is 12.7 Å². The predicted molar refractivity (Wildman–Crippen MR) is 117 cm³/mol. The molecule has 0 aliphatic rings. The smallest absolute Gasteiger partial charge is 0.326 e. The molecule has 0 heterocycles. The first-order chi connectivity index (χ1) is 14.5. The number of carbonyl (C=O) groups excluding carboxylic acids is 1. The maximum absolute atomic E-state index is 12.2. The third kappa shape index (κ3) is 8.66. The number of nitrogens with zero attached hydrogens (tertiary/aromatic N) is 1. The molecule has 8 nitrogen and oxygen atoms in total. The quantitative estimate of drug-likeness (QED) is 0.231. The lowest BCUT2D eigenvalue weighted by Gasteiger charge is -2.13. The van der Waals surface area contributed by atoms with Crippen LogP contribution in [0, 0.1) is 11.3 Å². The molecular formula is C21H29N3O5S. The van der Waals surface area contributed by atoms with E-state index in [9.17, 15) is 20.0 Å². The highest BCUT2D eigenvalue weighted by atomic mass is 32.2. The van der Waals surface area contributed by atoms with Crippen molar-refractivity contribution in [3.05, 3.63) is 35.5 Å². The summed E-state index contributed by atoms with van der Waals surface area (Å²) in [5.74, 6) is 0.122. The van der Waals surface area contributed by atoms with Crippen molar-refractivity contribution in [3.8, 4) is 17.6 Å². The molecule has 164 valence electrons. The van der Waals surface area contributed by atoms with Crippen molar-refractivity contribution in [2.24, 2.45) is 0 Å². The topological polar surface area (TPSA) is 121 Å². The molecule has 1 amide bonds. The van der Waals surface area contributed by atoms with Crippen LogP contribution < -0.4 is 20.1 Å². The highest BCUT2D eigenvalue weighted by molar-refractivity contribution is 7.98. The van der Waals surface area contributed by atoms with Crippen LogP contribution in [0.4, 0.5) is 0 Å². The average molecular weight is 436 g/mol. The second-order valence-electron chi connectivity index (χ2n) is 6.17. The Morgan fingerprint density at radius 3 is 2.57 bits per heavy atom. The molecule has 0 fully saturated rings. The van der Waals surface area contributed by atoms with Gasteiger partial charge in [-0.15, -0.1) is 0 Å². The van der Waals surface area contributed by atoms with E-state index in [2.05, 4.69) is 10.6 Å². The minimum Gasteiger partial charge on any atom is -0.490 e. The summed E-state index contributed by atoms with van der Waals surface area (Å²) in [4.78, 5) is 23.4. The number of hydrogen-bond donors (Lipinski definition) is 3. The SMILES string of the molecule is CCOc1ccc(CCN/C=C(/C#N)C(=O)NC(CCSC)C(=O)O)cc1OCC. The van der Waals surface area contributed by atoms with Crippen molar-refractivity contribution in [2.75, 3.05) is 31.8 Å². The van der Waals surface area contributed by atoms with Crippen LogP contribution in [0.5, 0.6) is 11.5 Å². The molecule has 0 spiro atoms. The van der Waals surface area contributed by atoms with Crippen molar-refractivity contribution in [1.82, 2.24) is 10.6 Å². The zero-order valence-corrected chi connectivity index (χ0v) is 18.4. The van der Waals surface area contributed by atoms with Gasteiger partial charge < -0.3 is 25.2 Å². The van der Waals surface area contributed by atoms with E-state index in [1.54, 1.807) is 6.07 Å². The molecule has 0 radical (unpaired) electrons. The first-order valence-corrected chi connectivity index (χ1v) is 11.1. The molecule has 0 bridgehead atoms. The zero-order valence-electron chi connectivity index (χ0n) is 17.6. The number of carboxylic acid groups (broad SMARTS) is 1. The van der Waals surface area contributed by atoms with E-state index in [0.29, 0.717) is 43.4 Å². The lowest BCUT2D eigenvalue weighted by molar-refractivity contribution is -0.141. The highest BCUT2D eigenvalue weighted by Crippen LogP contribution is 2.28. The Hall–Kier alpha value is -2.86. The number of aliphatic carboxylic acids is 1. The van der Waals surface area contributed by atoms with E-state index in [1.165, 1.54) is 18.0 Å². The Kier molecular flexibility index (Phi) is 11.9. The molecule has 1 aromatic rings. The summed E-state index contributed by atoms with van der Waals surface area (Å²) in [6.45, 7) is 5.36. The van der Waals surface area contributed by atoms with E-state index in [0.717, 1.165) is 5.56 Å². The van der Waals surface area contributed by atoms with Gasteiger partial charge in [-0.2, -0.15) is 17.0 Å². The van der Waals surface area contributed by atoms with E-state index in [1.807, 2.05) is 38.3 Å². The van der Waals surface area contributed by atoms with Crippen molar-refractivity contribution in [1.29, 1.82) is 5.26 Å². The summed E-state index contributed by atoms with van der Waals surface area (Å²) < 4.78 is 11.1. The van der Waals surface area contributed by atoms with Crippen LogP contribution in [0.2, 0.25) is 0 Å². The first kappa shape index (κ1) is 25.2. The molecule has 1 aromatic carbocycles. The number of ether oxygens (including phenoxy) is 2. The van der Waals surface area contributed by atoms with Gasteiger partial charge in [0.05, 0.1) is 13.2 Å². The molecule has 1 atom stereocenters. The molecule has 0 saturated heterocycles. The van der Waals surface area contributed by atoms with E-state index >= 15 is 0 Å². The standard InChI is InChI=1S/C21H29N3O5S/c1-4-28-18-7-6-15(12-19(18)29-5-2)8-10-23-14-16(13-22)20(25)24-17(21(26)27)9-11-30-3/h6-7,12,14,17,23H,4-5,8-11H2,1-3H3,(H,24,25)(H,26,27)/b16-14-. The molecule has 30 heavy (non-hydrogen) atoms. The van der Waals surface area contributed by atoms with Gasteiger partial charge >= 0.3 is 5.97 Å². The fraction of sp³-hybridized carbons (Fsp3) is 0.476. The van der Waals surface area contributed by atoms with Gasteiger partial charge in [-0.05, 0) is 56.4 Å². The zero-order chi connectivity index (χ0) is 22.4. The minimum absolute atomic E-state index is 0.174. The Morgan fingerprint density at radius 1 is 1.27 bits per heavy atom. The summed E-state index contributed by atoms with van der Waals surface area (Å²) in [7, 11) is 0.